The van der Waals surface area contributed by atoms with Crippen molar-refractivity contribution in [2.75, 3.05) is 6.54 Å². The lowest BCUT2D eigenvalue weighted by atomic mass is 10.0. The molecule has 0 aromatic heterocycles. The Bertz CT molecular complexity index is 697. The van der Waals surface area contributed by atoms with Crippen LogP contribution in [0.4, 0.5) is 26.3 Å². The van der Waals surface area contributed by atoms with Gasteiger partial charge in [-0.15, -0.1) is 0 Å². The van der Waals surface area contributed by atoms with Crippen molar-refractivity contribution in [3.63, 3.8) is 0 Å². The Morgan fingerprint density at radius 3 is 1.53 bits per heavy atom. The monoisotopic (exact) mass is 461 g/mol. The molecule has 180 valence electrons. The van der Waals surface area contributed by atoms with Crippen LogP contribution in [0, 0.1) is 0 Å². The highest BCUT2D eigenvalue weighted by Crippen LogP contribution is 2.46. The maximum absolute atomic E-state index is 13.4. The molecule has 0 bridgehead atoms. The van der Waals surface area contributed by atoms with Crippen LogP contribution in [0.25, 0.3) is 11.1 Å². The summed E-state index contributed by atoms with van der Waals surface area (Å²) in [5.74, 6) is -10.1. The lowest BCUT2D eigenvalue weighted by molar-refractivity contribution is -0.320. The minimum absolute atomic E-state index is 0.193. The van der Waals surface area contributed by atoms with Gasteiger partial charge in [-0.05, 0) is 24.0 Å². The quantitative estimate of drug-likeness (QED) is 0.190. The third-order valence-electron chi connectivity index (χ3n) is 4.96. The van der Waals surface area contributed by atoms with Crippen molar-refractivity contribution in [1.82, 2.24) is 5.32 Å². The molecule has 0 spiro atoms. The van der Waals surface area contributed by atoms with E-state index in [1.54, 1.807) is 6.92 Å². The Kier molecular flexibility index (Phi) is 11.8. The van der Waals surface area contributed by atoms with Gasteiger partial charge in [0, 0.05) is 13.0 Å². The molecule has 1 nitrogen and oxygen atoms in total. The first kappa shape index (κ1) is 28.0. The zero-order valence-corrected chi connectivity index (χ0v) is 18.7. The molecule has 0 amide bonds. The van der Waals surface area contributed by atoms with E-state index in [2.05, 4.69) is 48.5 Å². The Morgan fingerprint density at radius 2 is 1.09 bits per heavy atom. The average molecular weight is 462 g/mol. The van der Waals surface area contributed by atoms with Crippen molar-refractivity contribution in [2.45, 2.75) is 76.7 Å². The number of benzene rings is 2. The standard InChI is InChI=1S/C13H23F6N.C12H10/c1-3-5-7-8-9-11(14,15)12(16,17)13(18,19)20-10-6-4-2;1-3-7-11(8-4-1)12-9-5-2-6-10-12/h20H,3-10H2,1-2H3;1-10H. The number of hydrogen-bond acceptors (Lipinski definition) is 1. The molecule has 0 aliphatic rings. The second kappa shape index (κ2) is 13.5. The van der Waals surface area contributed by atoms with Gasteiger partial charge in [-0.2, -0.15) is 26.3 Å². The lowest BCUT2D eigenvalue weighted by Gasteiger charge is -2.33. The van der Waals surface area contributed by atoms with E-state index in [1.807, 2.05) is 19.1 Å². The molecule has 0 aliphatic carbocycles. The molecule has 1 N–H and O–H groups in total. The maximum Gasteiger partial charge on any atom is 0.386 e. The third-order valence-corrected chi connectivity index (χ3v) is 4.96. The summed E-state index contributed by atoms with van der Waals surface area (Å²) in [6.45, 7) is 3.09. The van der Waals surface area contributed by atoms with Gasteiger partial charge >= 0.3 is 17.9 Å². The first-order valence-electron chi connectivity index (χ1n) is 11.1. The molecule has 0 aliphatic heterocycles. The summed E-state index contributed by atoms with van der Waals surface area (Å²) in [6, 6.07) is 15.9. The average Bonchev–Trinajstić information content (AvgIpc) is 2.78. The number of nitrogens with one attached hydrogen (secondary N) is 1. The second-order valence-electron chi connectivity index (χ2n) is 7.68. The van der Waals surface area contributed by atoms with E-state index in [9.17, 15) is 26.3 Å². The smallest absolute Gasteiger partial charge is 0.253 e. The van der Waals surface area contributed by atoms with Gasteiger partial charge in [0.25, 0.3) is 0 Å². The van der Waals surface area contributed by atoms with Gasteiger partial charge in [0.2, 0.25) is 0 Å². The van der Waals surface area contributed by atoms with Crippen LogP contribution in [-0.2, 0) is 0 Å². The van der Waals surface area contributed by atoms with Gasteiger partial charge in [-0.25, -0.2) is 0 Å². The Balaban J connectivity index is 0.000000357. The molecule has 32 heavy (non-hydrogen) atoms. The van der Waals surface area contributed by atoms with Crippen molar-refractivity contribution < 1.29 is 26.3 Å². The molecule has 0 heterocycles. The molecule has 7 heteroatoms. The van der Waals surface area contributed by atoms with Crippen molar-refractivity contribution in [1.29, 1.82) is 0 Å². The summed E-state index contributed by atoms with van der Waals surface area (Å²) in [7, 11) is 0. The first-order valence-corrected chi connectivity index (χ1v) is 11.1. The van der Waals surface area contributed by atoms with Crippen LogP contribution in [0.1, 0.15) is 58.8 Å². The highest BCUT2D eigenvalue weighted by molar-refractivity contribution is 5.62. The molecule has 0 saturated heterocycles. The molecule has 2 aromatic rings. The van der Waals surface area contributed by atoms with Crippen LogP contribution >= 0.6 is 0 Å². The molecule has 0 radical (unpaired) electrons. The van der Waals surface area contributed by atoms with Crippen LogP contribution in [-0.4, -0.2) is 24.4 Å². The van der Waals surface area contributed by atoms with Crippen molar-refractivity contribution in [3.05, 3.63) is 60.7 Å². The summed E-state index contributed by atoms with van der Waals surface area (Å²) < 4.78 is 79.9. The van der Waals surface area contributed by atoms with Crippen molar-refractivity contribution in [3.8, 4) is 11.1 Å². The van der Waals surface area contributed by atoms with E-state index < -0.39 is 30.9 Å². The zero-order chi connectivity index (χ0) is 24.1. The van der Waals surface area contributed by atoms with E-state index >= 15 is 0 Å². The number of hydrogen-bond donors (Lipinski definition) is 1. The largest absolute Gasteiger partial charge is 0.386 e. The minimum atomic E-state index is -5.39. The SMILES string of the molecule is CCCCCCC(F)(F)C(F)(F)C(F)(F)NCCCC.c1ccc(-c2ccccc2)cc1. The van der Waals surface area contributed by atoms with Crippen LogP contribution in [0.3, 0.4) is 0 Å². The maximum atomic E-state index is 13.4. The second-order valence-corrected chi connectivity index (χ2v) is 7.68. The normalized spacial score (nSPS) is 12.2. The summed E-state index contributed by atoms with van der Waals surface area (Å²) in [6.07, 6.45) is 0.989. The van der Waals surface area contributed by atoms with Crippen LogP contribution in [0.2, 0.25) is 0 Å². The van der Waals surface area contributed by atoms with E-state index in [-0.39, 0.29) is 12.8 Å². The molecule has 2 aromatic carbocycles. The zero-order valence-electron chi connectivity index (χ0n) is 18.7. The van der Waals surface area contributed by atoms with Crippen LogP contribution in [0.5, 0.6) is 0 Å². The van der Waals surface area contributed by atoms with Crippen LogP contribution in [0.15, 0.2) is 60.7 Å². The van der Waals surface area contributed by atoms with Gasteiger partial charge in [-0.1, -0.05) is 100 Å². The topological polar surface area (TPSA) is 12.0 Å². The van der Waals surface area contributed by atoms with E-state index in [4.69, 9.17) is 0 Å². The lowest BCUT2D eigenvalue weighted by Crippen LogP contribution is -2.61. The van der Waals surface area contributed by atoms with Gasteiger partial charge < -0.3 is 0 Å². The molecule has 0 fully saturated rings. The summed E-state index contributed by atoms with van der Waals surface area (Å²) in [5, 5.41) is 1.24. The molecule has 2 rings (SSSR count). The predicted molar refractivity (Wildman–Crippen MR) is 118 cm³/mol. The number of unbranched alkanes of at least 4 members (excludes halogenated alkanes) is 4. The van der Waals surface area contributed by atoms with Gasteiger partial charge in [0.05, 0.1) is 0 Å². The van der Waals surface area contributed by atoms with E-state index in [0.29, 0.717) is 19.3 Å². The highest BCUT2D eigenvalue weighted by Gasteiger charge is 2.70. The summed E-state index contributed by atoms with van der Waals surface area (Å²) in [5.41, 5.74) is 2.55. The van der Waals surface area contributed by atoms with Gasteiger partial charge in [0.1, 0.15) is 0 Å². The van der Waals surface area contributed by atoms with Gasteiger partial charge in [0.15, 0.2) is 0 Å². The highest BCUT2D eigenvalue weighted by atomic mass is 19.3. The molecule has 0 unspecified atom stereocenters. The molecular weight excluding hydrogens is 428 g/mol. The summed E-state index contributed by atoms with van der Waals surface area (Å²) >= 11 is 0. The van der Waals surface area contributed by atoms with Crippen molar-refractivity contribution in [2.24, 2.45) is 0 Å². The van der Waals surface area contributed by atoms with E-state index in [1.165, 1.54) is 16.4 Å². The molecule has 0 atom stereocenters. The molecule has 0 saturated carbocycles. The number of alkyl halides is 6. The first-order chi connectivity index (χ1) is 15.1. The number of halogens is 6. The Morgan fingerprint density at radius 1 is 0.625 bits per heavy atom. The predicted octanol–water partition coefficient (Wildman–Crippen LogP) is 8.56. The minimum Gasteiger partial charge on any atom is -0.253 e. The van der Waals surface area contributed by atoms with E-state index in [0.717, 1.165) is 6.42 Å². The fourth-order valence-corrected chi connectivity index (χ4v) is 2.95. The molecular formula is C25H33F6N. The fourth-order valence-electron chi connectivity index (χ4n) is 2.95. The number of rotatable bonds is 12. The van der Waals surface area contributed by atoms with Crippen molar-refractivity contribution >= 4 is 0 Å². The van der Waals surface area contributed by atoms with Crippen LogP contribution < -0.4 is 5.32 Å². The third kappa shape index (κ3) is 8.49. The summed E-state index contributed by atoms with van der Waals surface area (Å²) in [4.78, 5) is 0. The Hall–Kier alpha value is -2.02. The Labute approximate surface area is 187 Å². The fraction of sp³-hybridized carbons (Fsp3) is 0.520. The van der Waals surface area contributed by atoms with Gasteiger partial charge in [-0.3, -0.25) is 5.32 Å².